The summed E-state index contributed by atoms with van der Waals surface area (Å²) in [7, 11) is 0. The molecule has 3 aromatic rings. The van der Waals surface area contributed by atoms with Crippen LogP contribution in [0.4, 0.5) is 5.69 Å². The van der Waals surface area contributed by atoms with Crippen molar-refractivity contribution in [2.75, 3.05) is 11.9 Å². The normalized spacial score (nSPS) is 12.9. The number of thiophene rings is 1. The summed E-state index contributed by atoms with van der Waals surface area (Å²) < 4.78 is 0.500. The molecule has 0 saturated heterocycles. The van der Waals surface area contributed by atoms with E-state index in [1.165, 1.54) is 4.90 Å². The number of fused-ring (bicyclic) bond motifs is 1. The number of alkyl halides is 1. The molecule has 0 radical (unpaired) electrons. The van der Waals surface area contributed by atoms with Crippen LogP contribution in [0.25, 0.3) is 0 Å². The monoisotopic (exact) mass is 502 g/mol. The maximum atomic E-state index is 13.0. The lowest BCUT2D eigenvalue weighted by Gasteiger charge is -2.14. The SMILES string of the molecule is O=C(Nc1cccc2c1C(=O)N(CCc1ccc(CBr)cc1)C2=O)c1ccc(Cl)s1. The average Bonchev–Trinajstić information content (AvgIpc) is 3.29. The Morgan fingerprint density at radius 3 is 2.40 bits per heavy atom. The molecule has 1 aromatic heterocycles. The largest absolute Gasteiger partial charge is 0.321 e. The van der Waals surface area contributed by atoms with Gasteiger partial charge in [-0.15, -0.1) is 11.3 Å². The lowest BCUT2D eigenvalue weighted by atomic mass is 10.1. The number of hydrogen-bond acceptors (Lipinski definition) is 4. The average molecular weight is 504 g/mol. The third-order valence-electron chi connectivity index (χ3n) is 4.85. The first-order chi connectivity index (χ1) is 14.5. The van der Waals surface area contributed by atoms with E-state index in [0.717, 1.165) is 27.8 Å². The van der Waals surface area contributed by atoms with Gasteiger partial charge in [0.15, 0.2) is 0 Å². The molecule has 152 valence electrons. The fourth-order valence-corrected chi connectivity index (χ4v) is 4.61. The number of imide groups is 1. The first kappa shape index (κ1) is 20.8. The number of anilines is 1. The predicted molar refractivity (Wildman–Crippen MR) is 122 cm³/mol. The van der Waals surface area contributed by atoms with E-state index in [-0.39, 0.29) is 23.9 Å². The highest BCUT2D eigenvalue weighted by molar-refractivity contribution is 9.08. The zero-order valence-corrected chi connectivity index (χ0v) is 18.8. The number of rotatable bonds is 6. The molecule has 1 aliphatic rings. The first-order valence-corrected chi connectivity index (χ1v) is 11.5. The highest BCUT2D eigenvalue weighted by Gasteiger charge is 2.37. The van der Waals surface area contributed by atoms with Crippen LogP contribution in [0.5, 0.6) is 0 Å². The molecular weight excluding hydrogens is 488 g/mol. The maximum absolute atomic E-state index is 13.0. The summed E-state index contributed by atoms with van der Waals surface area (Å²) in [6.07, 6.45) is 0.559. The minimum atomic E-state index is -0.396. The molecule has 5 nitrogen and oxygen atoms in total. The Labute approximate surface area is 190 Å². The molecule has 3 amide bonds. The fraction of sp³-hybridized carbons (Fsp3) is 0.136. The van der Waals surface area contributed by atoms with Gasteiger partial charge in [0, 0.05) is 11.9 Å². The van der Waals surface area contributed by atoms with Gasteiger partial charge >= 0.3 is 0 Å². The highest BCUT2D eigenvalue weighted by atomic mass is 79.9. The first-order valence-electron chi connectivity index (χ1n) is 9.17. The van der Waals surface area contributed by atoms with E-state index < -0.39 is 5.91 Å². The van der Waals surface area contributed by atoms with E-state index >= 15 is 0 Å². The van der Waals surface area contributed by atoms with Gasteiger partial charge in [-0.3, -0.25) is 19.3 Å². The second kappa shape index (κ2) is 8.71. The van der Waals surface area contributed by atoms with Gasteiger partial charge in [0.05, 0.1) is 26.0 Å². The van der Waals surface area contributed by atoms with E-state index in [0.29, 0.717) is 26.9 Å². The fourth-order valence-electron chi connectivity index (χ4n) is 3.30. The van der Waals surface area contributed by atoms with Crippen molar-refractivity contribution in [3.8, 4) is 0 Å². The second-order valence-corrected chi connectivity index (χ2v) is 9.02. The maximum Gasteiger partial charge on any atom is 0.265 e. The second-order valence-electron chi connectivity index (χ2n) is 6.75. The molecule has 0 atom stereocenters. The molecule has 0 bridgehead atoms. The van der Waals surface area contributed by atoms with Gasteiger partial charge in [0.25, 0.3) is 17.7 Å². The molecule has 0 unspecified atom stereocenters. The molecule has 1 N–H and O–H groups in total. The number of hydrogen-bond donors (Lipinski definition) is 1. The summed E-state index contributed by atoms with van der Waals surface area (Å²) in [6, 6.07) is 16.2. The summed E-state index contributed by atoms with van der Waals surface area (Å²) in [5, 5.41) is 3.51. The molecule has 4 rings (SSSR count). The summed E-state index contributed by atoms with van der Waals surface area (Å²) in [5.41, 5.74) is 3.06. The van der Waals surface area contributed by atoms with Crippen LogP contribution in [0.3, 0.4) is 0 Å². The Morgan fingerprint density at radius 1 is 1.00 bits per heavy atom. The molecule has 1 aliphatic heterocycles. The Hall–Kier alpha value is -2.48. The molecule has 2 aromatic carbocycles. The van der Waals surface area contributed by atoms with E-state index in [1.807, 2.05) is 24.3 Å². The molecule has 2 heterocycles. The van der Waals surface area contributed by atoms with Gasteiger partial charge in [0.2, 0.25) is 0 Å². The van der Waals surface area contributed by atoms with Gasteiger partial charge in [0.1, 0.15) is 0 Å². The Balaban J connectivity index is 1.52. The summed E-state index contributed by atoms with van der Waals surface area (Å²) in [4.78, 5) is 40.0. The molecule has 30 heavy (non-hydrogen) atoms. The van der Waals surface area contributed by atoms with Crippen molar-refractivity contribution in [3.63, 3.8) is 0 Å². The highest BCUT2D eigenvalue weighted by Crippen LogP contribution is 2.31. The van der Waals surface area contributed by atoms with Crippen molar-refractivity contribution in [2.24, 2.45) is 0 Å². The standard InChI is InChI=1S/C22H16BrClN2O3S/c23-12-14-6-4-13(5-7-14)10-11-26-21(28)15-2-1-3-16(19(15)22(26)29)25-20(27)17-8-9-18(24)30-17/h1-9H,10-12H2,(H,25,27). The van der Waals surface area contributed by atoms with Crippen LogP contribution >= 0.6 is 38.9 Å². The van der Waals surface area contributed by atoms with Gasteiger partial charge in [-0.1, -0.05) is 57.9 Å². The van der Waals surface area contributed by atoms with Crippen LogP contribution < -0.4 is 5.32 Å². The van der Waals surface area contributed by atoms with Gasteiger partial charge in [-0.05, 0) is 41.8 Å². The van der Waals surface area contributed by atoms with E-state index in [1.54, 1.807) is 30.3 Å². The van der Waals surface area contributed by atoms with E-state index in [4.69, 9.17) is 11.6 Å². The molecule has 0 spiro atoms. The Bertz CT molecular complexity index is 1140. The van der Waals surface area contributed by atoms with Crippen LogP contribution in [0.15, 0.2) is 54.6 Å². The number of nitrogens with zero attached hydrogens (tertiary/aromatic N) is 1. The van der Waals surface area contributed by atoms with Crippen LogP contribution in [0.2, 0.25) is 4.34 Å². The van der Waals surface area contributed by atoms with Gasteiger partial charge in [-0.25, -0.2) is 0 Å². The number of nitrogens with one attached hydrogen (secondary N) is 1. The van der Waals surface area contributed by atoms with Crippen LogP contribution in [-0.2, 0) is 11.8 Å². The Kier molecular flexibility index (Phi) is 6.04. The van der Waals surface area contributed by atoms with E-state index in [9.17, 15) is 14.4 Å². The van der Waals surface area contributed by atoms with Crippen molar-refractivity contribution in [1.82, 2.24) is 4.90 Å². The quantitative estimate of drug-likeness (QED) is 0.362. The smallest absolute Gasteiger partial charge is 0.265 e. The third kappa shape index (κ3) is 4.05. The summed E-state index contributed by atoms with van der Waals surface area (Å²) in [6.45, 7) is 0.272. The molecule has 8 heteroatoms. The van der Waals surface area contributed by atoms with Crippen molar-refractivity contribution in [3.05, 3.63) is 86.1 Å². The van der Waals surface area contributed by atoms with Crippen LogP contribution in [-0.4, -0.2) is 29.2 Å². The number of halogens is 2. The lowest BCUT2D eigenvalue weighted by molar-refractivity contribution is 0.0656. The van der Waals surface area contributed by atoms with Crippen molar-refractivity contribution in [1.29, 1.82) is 0 Å². The van der Waals surface area contributed by atoms with Crippen LogP contribution in [0.1, 0.15) is 41.5 Å². The van der Waals surface area contributed by atoms with Gasteiger partial charge in [-0.2, -0.15) is 0 Å². The molecule has 0 aliphatic carbocycles. The predicted octanol–water partition coefficient (Wildman–Crippen LogP) is 5.39. The lowest BCUT2D eigenvalue weighted by Crippen LogP contribution is -2.32. The van der Waals surface area contributed by atoms with Crippen LogP contribution in [0, 0.1) is 0 Å². The molecule has 0 fully saturated rings. The number of benzene rings is 2. The van der Waals surface area contributed by atoms with Crippen molar-refractivity contribution >= 4 is 62.3 Å². The van der Waals surface area contributed by atoms with Gasteiger partial charge < -0.3 is 5.32 Å². The topological polar surface area (TPSA) is 66.5 Å². The summed E-state index contributed by atoms with van der Waals surface area (Å²) in [5.74, 6) is -1.11. The zero-order valence-electron chi connectivity index (χ0n) is 15.7. The van der Waals surface area contributed by atoms with Crippen molar-refractivity contribution < 1.29 is 14.4 Å². The zero-order chi connectivity index (χ0) is 21.3. The third-order valence-corrected chi connectivity index (χ3v) is 6.72. The van der Waals surface area contributed by atoms with E-state index in [2.05, 4.69) is 21.2 Å². The van der Waals surface area contributed by atoms with Crippen molar-refractivity contribution in [2.45, 2.75) is 11.8 Å². The minimum Gasteiger partial charge on any atom is -0.321 e. The molecular formula is C22H16BrClN2O3S. The number of carbonyl (C=O) groups is 3. The summed E-state index contributed by atoms with van der Waals surface area (Å²) >= 11 is 10.5. The minimum absolute atomic E-state index is 0.230. The number of amides is 3. The Morgan fingerprint density at radius 2 is 1.73 bits per heavy atom. The molecule has 0 saturated carbocycles. The number of carbonyl (C=O) groups excluding carboxylic acids is 3.